The van der Waals surface area contributed by atoms with Crippen molar-refractivity contribution < 1.29 is 14.3 Å². The largest absolute Gasteiger partial charge is 0.543 e. The highest BCUT2D eigenvalue weighted by atomic mass is 28.4. The van der Waals surface area contributed by atoms with Gasteiger partial charge in [0.1, 0.15) is 11.4 Å². The lowest BCUT2D eigenvalue weighted by Crippen LogP contribution is -2.44. The minimum atomic E-state index is -2.04. The molecule has 0 aliphatic heterocycles. The van der Waals surface area contributed by atoms with Gasteiger partial charge in [0.25, 0.3) is 8.32 Å². The fraction of sp³-hybridized carbons (Fsp3) is 0.412. The minimum absolute atomic E-state index is 0.0536. The molecule has 0 saturated heterocycles. The van der Waals surface area contributed by atoms with Gasteiger partial charge in [-0.1, -0.05) is 26.8 Å². The van der Waals surface area contributed by atoms with Gasteiger partial charge in [0.05, 0.1) is 12.1 Å². The van der Waals surface area contributed by atoms with Crippen LogP contribution in [0.5, 0.6) is 5.75 Å². The predicted octanol–water partition coefficient (Wildman–Crippen LogP) is 3.92. The van der Waals surface area contributed by atoms with Crippen LogP contribution < -0.4 is 4.43 Å². The third kappa shape index (κ3) is 3.05. The standard InChI is InChI=1S/C17H23NO3Si/c1-17(2,3)22(4,5)21-16-12(10-19)6-9-15-14(16)8-7-13(11-20)18-15/h6-9,11,19H,10H2,1-5H3. The number of nitrogens with zero attached hydrogens (tertiary/aromatic N) is 1. The average Bonchev–Trinajstić information content (AvgIpc) is 2.45. The molecule has 1 aromatic carbocycles. The summed E-state index contributed by atoms with van der Waals surface area (Å²) in [5.74, 6) is 0.691. The van der Waals surface area contributed by atoms with Gasteiger partial charge < -0.3 is 9.53 Å². The maximum absolute atomic E-state index is 10.9. The highest BCUT2D eigenvalue weighted by Crippen LogP contribution is 2.40. The Labute approximate surface area is 132 Å². The number of aromatic nitrogens is 1. The molecule has 0 spiro atoms. The number of benzene rings is 1. The van der Waals surface area contributed by atoms with Gasteiger partial charge in [-0.2, -0.15) is 0 Å². The van der Waals surface area contributed by atoms with E-state index in [1.54, 1.807) is 6.07 Å². The number of hydrogen-bond donors (Lipinski definition) is 1. The number of aliphatic hydroxyl groups is 1. The monoisotopic (exact) mass is 317 g/mol. The molecule has 2 rings (SSSR count). The molecule has 0 bridgehead atoms. The molecule has 1 heterocycles. The minimum Gasteiger partial charge on any atom is -0.543 e. The second-order valence-corrected chi connectivity index (χ2v) is 11.7. The summed E-state index contributed by atoms with van der Waals surface area (Å²) in [4.78, 5) is 15.2. The Morgan fingerprint density at radius 1 is 1.23 bits per heavy atom. The van der Waals surface area contributed by atoms with E-state index in [-0.39, 0.29) is 11.6 Å². The summed E-state index contributed by atoms with van der Waals surface area (Å²) in [5.41, 5.74) is 1.84. The molecule has 0 fully saturated rings. The van der Waals surface area contributed by atoms with Crippen molar-refractivity contribution >= 4 is 25.5 Å². The Hall–Kier alpha value is -1.72. The van der Waals surface area contributed by atoms with Crippen molar-refractivity contribution in [2.45, 2.75) is 45.5 Å². The Kier molecular flexibility index (Phi) is 4.40. The smallest absolute Gasteiger partial charge is 0.250 e. The number of fused-ring (bicyclic) bond motifs is 1. The first-order valence-electron chi connectivity index (χ1n) is 7.37. The molecule has 0 saturated carbocycles. The van der Waals surface area contributed by atoms with Crippen molar-refractivity contribution in [3.05, 3.63) is 35.5 Å². The molecule has 0 amide bonds. The van der Waals surface area contributed by atoms with Crippen LogP contribution in [0.1, 0.15) is 36.8 Å². The van der Waals surface area contributed by atoms with Gasteiger partial charge in [-0.15, -0.1) is 0 Å². The topological polar surface area (TPSA) is 59.4 Å². The number of carbonyl (C=O) groups is 1. The highest BCUT2D eigenvalue weighted by molar-refractivity contribution is 6.74. The lowest BCUT2D eigenvalue weighted by atomic mass is 10.1. The van der Waals surface area contributed by atoms with E-state index in [4.69, 9.17) is 4.43 Å². The zero-order valence-electron chi connectivity index (χ0n) is 13.8. The van der Waals surface area contributed by atoms with Crippen LogP contribution in [0.3, 0.4) is 0 Å². The van der Waals surface area contributed by atoms with E-state index in [0.29, 0.717) is 17.0 Å². The van der Waals surface area contributed by atoms with Crippen LogP contribution in [-0.2, 0) is 6.61 Å². The first-order valence-corrected chi connectivity index (χ1v) is 10.3. The molecule has 0 radical (unpaired) electrons. The molecule has 1 N–H and O–H groups in total. The van der Waals surface area contributed by atoms with E-state index >= 15 is 0 Å². The van der Waals surface area contributed by atoms with Crippen molar-refractivity contribution in [2.75, 3.05) is 0 Å². The molecule has 5 heteroatoms. The third-order valence-corrected chi connectivity index (χ3v) is 8.71. The maximum Gasteiger partial charge on any atom is 0.250 e. The SMILES string of the molecule is CC(C)(C)[Si](C)(C)Oc1c(CO)ccc2nc(C=O)ccc12. The maximum atomic E-state index is 10.9. The van der Waals surface area contributed by atoms with Crippen molar-refractivity contribution in [2.24, 2.45) is 0 Å². The summed E-state index contributed by atoms with van der Waals surface area (Å²) in [6, 6.07) is 7.14. The quantitative estimate of drug-likeness (QED) is 0.686. The van der Waals surface area contributed by atoms with Crippen molar-refractivity contribution in [3.63, 3.8) is 0 Å². The fourth-order valence-corrected chi connectivity index (χ4v) is 3.01. The van der Waals surface area contributed by atoms with E-state index in [1.807, 2.05) is 18.2 Å². The van der Waals surface area contributed by atoms with Crippen molar-refractivity contribution in [1.82, 2.24) is 4.98 Å². The molecule has 22 heavy (non-hydrogen) atoms. The van der Waals surface area contributed by atoms with Gasteiger partial charge >= 0.3 is 0 Å². The first-order chi connectivity index (χ1) is 10.2. The zero-order valence-corrected chi connectivity index (χ0v) is 14.8. The molecule has 118 valence electrons. The van der Waals surface area contributed by atoms with Gasteiger partial charge in [-0.05, 0) is 36.3 Å². The van der Waals surface area contributed by atoms with Crippen LogP contribution in [-0.4, -0.2) is 24.7 Å². The van der Waals surface area contributed by atoms with Gasteiger partial charge in [0.2, 0.25) is 0 Å². The number of pyridine rings is 1. The zero-order chi connectivity index (χ0) is 16.5. The summed E-state index contributed by atoms with van der Waals surface area (Å²) in [6.45, 7) is 10.8. The van der Waals surface area contributed by atoms with Crippen molar-refractivity contribution in [3.8, 4) is 5.75 Å². The predicted molar refractivity (Wildman–Crippen MR) is 90.9 cm³/mol. The number of hydrogen-bond acceptors (Lipinski definition) is 4. The molecular formula is C17H23NO3Si. The van der Waals surface area contributed by atoms with E-state index < -0.39 is 8.32 Å². The van der Waals surface area contributed by atoms with Gasteiger partial charge in [0.15, 0.2) is 6.29 Å². The summed E-state index contributed by atoms with van der Waals surface area (Å²) in [7, 11) is -2.04. The van der Waals surface area contributed by atoms with Gasteiger partial charge in [-0.25, -0.2) is 4.98 Å². The summed E-state index contributed by atoms with van der Waals surface area (Å²) in [6.07, 6.45) is 0.730. The number of aldehydes is 1. The summed E-state index contributed by atoms with van der Waals surface area (Å²) < 4.78 is 6.43. The Morgan fingerprint density at radius 3 is 2.45 bits per heavy atom. The van der Waals surface area contributed by atoms with Gasteiger partial charge in [-0.3, -0.25) is 4.79 Å². The average molecular weight is 317 g/mol. The molecule has 0 aliphatic carbocycles. The van der Waals surface area contributed by atoms with E-state index in [1.165, 1.54) is 0 Å². The van der Waals surface area contributed by atoms with Crippen LogP contribution in [0.4, 0.5) is 0 Å². The Bertz CT molecular complexity index is 705. The van der Waals surface area contributed by atoms with Crippen LogP contribution in [0, 0.1) is 0 Å². The Morgan fingerprint density at radius 2 is 1.91 bits per heavy atom. The molecular weight excluding hydrogens is 294 g/mol. The van der Waals surface area contributed by atoms with E-state index in [0.717, 1.165) is 17.2 Å². The van der Waals surface area contributed by atoms with Crippen molar-refractivity contribution in [1.29, 1.82) is 0 Å². The second kappa shape index (κ2) is 5.82. The van der Waals surface area contributed by atoms with Crippen LogP contribution >= 0.6 is 0 Å². The van der Waals surface area contributed by atoms with Crippen LogP contribution in [0.25, 0.3) is 10.9 Å². The fourth-order valence-electron chi connectivity index (χ4n) is 1.96. The number of aliphatic hydroxyl groups excluding tert-OH is 1. The molecule has 0 aliphatic rings. The molecule has 2 aromatic rings. The number of carbonyl (C=O) groups excluding carboxylic acids is 1. The van der Waals surface area contributed by atoms with Gasteiger partial charge in [0, 0.05) is 10.9 Å². The van der Waals surface area contributed by atoms with E-state index in [2.05, 4.69) is 38.8 Å². The Balaban J connectivity index is 2.62. The summed E-state index contributed by atoms with van der Waals surface area (Å²) in [5, 5.41) is 10.5. The molecule has 0 atom stereocenters. The lowest BCUT2D eigenvalue weighted by molar-refractivity contribution is 0.111. The molecule has 1 aromatic heterocycles. The normalized spacial score (nSPS) is 12.5. The lowest BCUT2D eigenvalue weighted by Gasteiger charge is -2.37. The highest BCUT2D eigenvalue weighted by Gasteiger charge is 2.39. The number of rotatable bonds is 4. The van der Waals surface area contributed by atoms with E-state index in [9.17, 15) is 9.90 Å². The third-order valence-electron chi connectivity index (χ3n) is 4.38. The first kappa shape index (κ1) is 16.6. The van der Waals surface area contributed by atoms with Crippen LogP contribution in [0.2, 0.25) is 18.1 Å². The van der Waals surface area contributed by atoms with Crippen LogP contribution in [0.15, 0.2) is 24.3 Å². The molecule has 0 unspecified atom stereocenters. The summed E-state index contributed by atoms with van der Waals surface area (Å²) >= 11 is 0. The second-order valence-electron chi connectivity index (χ2n) is 6.99. The molecule has 4 nitrogen and oxygen atoms in total.